The smallest absolute Gasteiger partial charge is 0.177 e. The van der Waals surface area contributed by atoms with Crippen LogP contribution in [0.4, 0.5) is 11.4 Å². The van der Waals surface area contributed by atoms with Gasteiger partial charge in [-0.2, -0.15) is 0 Å². The second-order valence-electron chi connectivity index (χ2n) is 7.29. The van der Waals surface area contributed by atoms with Crippen molar-refractivity contribution in [2.75, 3.05) is 56.9 Å². The fourth-order valence-corrected chi connectivity index (χ4v) is 4.71. The molecule has 0 bridgehead atoms. The van der Waals surface area contributed by atoms with Crippen LogP contribution in [0, 0.1) is 0 Å². The highest BCUT2D eigenvalue weighted by Gasteiger charge is 2.22. The van der Waals surface area contributed by atoms with Crippen LogP contribution in [0.25, 0.3) is 0 Å². The zero-order valence-corrected chi connectivity index (χ0v) is 19.2. The molecule has 1 atom stereocenters. The number of sulfone groups is 1. The normalized spacial score (nSPS) is 15.6. The van der Waals surface area contributed by atoms with Gasteiger partial charge >= 0.3 is 0 Å². The van der Waals surface area contributed by atoms with E-state index < -0.39 is 9.84 Å². The van der Waals surface area contributed by atoms with E-state index in [1.807, 2.05) is 19.1 Å². The van der Waals surface area contributed by atoms with E-state index in [2.05, 4.69) is 15.5 Å². The second kappa shape index (κ2) is 9.32. The maximum absolute atomic E-state index is 12.4. The van der Waals surface area contributed by atoms with Gasteiger partial charge in [0.05, 0.1) is 30.8 Å². The average Bonchev–Trinajstić information content (AvgIpc) is 2.72. The van der Waals surface area contributed by atoms with Crippen LogP contribution < -0.4 is 25.0 Å². The van der Waals surface area contributed by atoms with E-state index in [1.165, 1.54) is 6.26 Å². The highest BCUT2D eigenvalue weighted by molar-refractivity contribution is 7.90. The molecule has 9 heteroatoms. The van der Waals surface area contributed by atoms with Gasteiger partial charge in [0.2, 0.25) is 0 Å². The minimum absolute atomic E-state index is 0.251. The van der Waals surface area contributed by atoms with Crippen LogP contribution in [0.15, 0.2) is 35.2 Å². The number of ether oxygens (including phenoxy) is 2. The van der Waals surface area contributed by atoms with E-state index in [1.54, 1.807) is 32.4 Å². The first-order valence-electron chi connectivity index (χ1n) is 9.72. The van der Waals surface area contributed by atoms with Crippen LogP contribution in [0.1, 0.15) is 18.5 Å². The predicted molar refractivity (Wildman–Crippen MR) is 121 cm³/mol. The van der Waals surface area contributed by atoms with Crippen molar-refractivity contribution in [3.05, 3.63) is 40.9 Å². The molecule has 30 heavy (non-hydrogen) atoms. The molecular formula is C21H28ClN3O4S. The van der Waals surface area contributed by atoms with Crippen molar-refractivity contribution in [1.29, 1.82) is 0 Å². The zero-order valence-electron chi connectivity index (χ0n) is 17.7. The summed E-state index contributed by atoms with van der Waals surface area (Å²) in [5, 5.41) is 7.18. The SMILES string of the molecule is COc1cc(Cl)cc([C@H](C)Nc2cc(N3CCNCC3)ccc2S(C)(=O)=O)c1OC. The maximum atomic E-state index is 12.4. The summed E-state index contributed by atoms with van der Waals surface area (Å²) in [5.74, 6) is 1.08. The number of methoxy groups -OCH3 is 2. The Labute approximate surface area is 183 Å². The fourth-order valence-electron chi connectivity index (χ4n) is 3.67. The average molecular weight is 454 g/mol. The van der Waals surface area contributed by atoms with Crippen molar-refractivity contribution in [1.82, 2.24) is 5.32 Å². The number of benzene rings is 2. The minimum Gasteiger partial charge on any atom is -0.493 e. The Morgan fingerprint density at radius 1 is 1.13 bits per heavy atom. The number of anilines is 2. The molecule has 2 aromatic carbocycles. The molecule has 2 aromatic rings. The van der Waals surface area contributed by atoms with Crippen molar-refractivity contribution in [2.24, 2.45) is 0 Å². The molecule has 0 radical (unpaired) electrons. The molecule has 1 aliphatic heterocycles. The first-order valence-corrected chi connectivity index (χ1v) is 12.0. The summed E-state index contributed by atoms with van der Waals surface area (Å²) in [6.45, 7) is 5.45. The molecule has 7 nitrogen and oxygen atoms in total. The number of nitrogens with one attached hydrogen (secondary N) is 2. The van der Waals surface area contributed by atoms with E-state index in [-0.39, 0.29) is 10.9 Å². The number of nitrogens with zero attached hydrogens (tertiary/aromatic N) is 1. The molecule has 1 fully saturated rings. The first-order chi connectivity index (χ1) is 14.2. The molecule has 0 aliphatic carbocycles. The summed E-state index contributed by atoms with van der Waals surface area (Å²) in [7, 11) is -0.306. The van der Waals surface area contributed by atoms with Crippen molar-refractivity contribution < 1.29 is 17.9 Å². The van der Waals surface area contributed by atoms with Gasteiger partial charge in [-0.25, -0.2) is 8.42 Å². The van der Waals surface area contributed by atoms with E-state index >= 15 is 0 Å². The molecule has 0 amide bonds. The fraction of sp³-hybridized carbons (Fsp3) is 0.429. The van der Waals surface area contributed by atoms with E-state index in [0.29, 0.717) is 22.2 Å². The highest BCUT2D eigenvalue weighted by Crippen LogP contribution is 2.39. The Balaban J connectivity index is 2.01. The minimum atomic E-state index is -3.42. The Kier molecular flexibility index (Phi) is 7.00. The van der Waals surface area contributed by atoms with Crippen LogP contribution in [0.5, 0.6) is 11.5 Å². The lowest BCUT2D eigenvalue weighted by atomic mass is 10.1. The van der Waals surface area contributed by atoms with Crippen molar-refractivity contribution >= 4 is 32.8 Å². The topological polar surface area (TPSA) is 79.9 Å². The summed E-state index contributed by atoms with van der Waals surface area (Å²) < 4.78 is 35.7. The van der Waals surface area contributed by atoms with Gasteiger partial charge in [0.25, 0.3) is 0 Å². The van der Waals surface area contributed by atoms with Crippen molar-refractivity contribution in [3.63, 3.8) is 0 Å². The van der Waals surface area contributed by atoms with Gasteiger partial charge in [-0.15, -0.1) is 0 Å². The van der Waals surface area contributed by atoms with Gasteiger partial charge in [-0.3, -0.25) is 0 Å². The van der Waals surface area contributed by atoms with E-state index in [9.17, 15) is 8.42 Å². The van der Waals surface area contributed by atoms with Gasteiger partial charge in [0.15, 0.2) is 21.3 Å². The lowest BCUT2D eigenvalue weighted by Gasteiger charge is -2.30. The van der Waals surface area contributed by atoms with Gasteiger partial charge in [-0.1, -0.05) is 11.6 Å². The quantitative estimate of drug-likeness (QED) is 0.665. The van der Waals surface area contributed by atoms with Crippen LogP contribution >= 0.6 is 11.6 Å². The van der Waals surface area contributed by atoms with Crippen LogP contribution in [0.3, 0.4) is 0 Å². The number of hydrogen-bond acceptors (Lipinski definition) is 7. The molecule has 3 rings (SSSR count). The van der Waals surface area contributed by atoms with Crippen LogP contribution in [0.2, 0.25) is 5.02 Å². The van der Waals surface area contributed by atoms with Crippen LogP contribution in [-0.2, 0) is 9.84 Å². The van der Waals surface area contributed by atoms with Gasteiger partial charge < -0.3 is 25.0 Å². The third kappa shape index (κ3) is 4.94. The molecule has 1 saturated heterocycles. The highest BCUT2D eigenvalue weighted by atomic mass is 35.5. The maximum Gasteiger partial charge on any atom is 0.177 e. The molecule has 0 aromatic heterocycles. The first kappa shape index (κ1) is 22.5. The summed E-state index contributed by atoms with van der Waals surface area (Å²) in [4.78, 5) is 2.49. The molecule has 1 aliphatic rings. The third-order valence-corrected chi connectivity index (χ3v) is 6.53. The Morgan fingerprint density at radius 2 is 1.83 bits per heavy atom. The number of rotatable bonds is 7. The molecule has 0 saturated carbocycles. The molecular weight excluding hydrogens is 426 g/mol. The summed E-state index contributed by atoms with van der Waals surface area (Å²) in [5.41, 5.74) is 2.30. The molecule has 0 spiro atoms. The largest absolute Gasteiger partial charge is 0.493 e. The number of piperazine rings is 1. The Morgan fingerprint density at radius 3 is 2.43 bits per heavy atom. The van der Waals surface area contributed by atoms with E-state index in [0.717, 1.165) is 37.4 Å². The Bertz CT molecular complexity index is 1010. The van der Waals surface area contributed by atoms with Gasteiger partial charge in [-0.05, 0) is 31.2 Å². The Hall–Kier alpha value is -2.16. The molecule has 2 N–H and O–H groups in total. The lowest BCUT2D eigenvalue weighted by molar-refractivity contribution is 0.350. The van der Waals surface area contributed by atoms with E-state index in [4.69, 9.17) is 21.1 Å². The summed E-state index contributed by atoms with van der Waals surface area (Å²) in [6, 6.07) is 8.61. The monoisotopic (exact) mass is 453 g/mol. The second-order valence-corrected chi connectivity index (χ2v) is 9.71. The van der Waals surface area contributed by atoms with Crippen molar-refractivity contribution in [3.8, 4) is 11.5 Å². The number of hydrogen-bond donors (Lipinski definition) is 2. The van der Waals surface area contributed by atoms with Crippen molar-refractivity contribution in [2.45, 2.75) is 17.9 Å². The summed E-state index contributed by atoms with van der Waals surface area (Å²) in [6.07, 6.45) is 1.21. The number of halogens is 1. The lowest BCUT2D eigenvalue weighted by Crippen LogP contribution is -2.43. The molecule has 164 valence electrons. The third-order valence-electron chi connectivity index (χ3n) is 5.16. The van der Waals surface area contributed by atoms with Crippen LogP contribution in [-0.4, -0.2) is 55.1 Å². The molecule has 1 heterocycles. The standard InChI is InChI=1S/C21H28ClN3O4S/c1-14(17-11-15(22)12-19(28-2)21(17)29-3)24-18-13-16(25-9-7-23-8-10-25)5-6-20(18)30(4,26)27/h5-6,11-14,23-24H,7-10H2,1-4H3/t14-/m0/s1. The summed E-state index contributed by atoms with van der Waals surface area (Å²) >= 11 is 6.26. The van der Waals surface area contributed by atoms with Gasteiger partial charge in [0.1, 0.15) is 0 Å². The predicted octanol–water partition coefficient (Wildman–Crippen LogP) is 3.34. The zero-order chi connectivity index (χ0) is 21.9. The van der Waals surface area contributed by atoms with Gasteiger partial charge in [0, 0.05) is 54.8 Å². The molecule has 0 unspecified atom stereocenters.